The summed E-state index contributed by atoms with van der Waals surface area (Å²) in [4.78, 5) is 11.7. The summed E-state index contributed by atoms with van der Waals surface area (Å²) >= 11 is 0. The third-order valence-electron chi connectivity index (χ3n) is 3.43. The Morgan fingerprint density at radius 3 is 3.04 bits per heavy atom. The molecule has 0 radical (unpaired) electrons. The topological polar surface area (TPSA) is 91.7 Å². The number of hydrogen-bond donors (Lipinski definition) is 2. The molecule has 2 N–H and O–H groups in total. The highest BCUT2D eigenvalue weighted by Crippen LogP contribution is 2.23. The van der Waals surface area contributed by atoms with Gasteiger partial charge in [-0.25, -0.2) is 5.43 Å². The lowest BCUT2D eigenvalue weighted by atomic mass is 10.2. The molecule has 7 nitrogen and oxygen atoms in total. The fraction of sp³-hybridized carbons (Fsp3) is 0.0625. The van der Waals surface area contributed by atoms with Crippen molar-refractivity contribution in [2.24, 2.45) is 5.10 Å². The minimum atomic E-state index is 0.334. The lowest BCUT2D eigenvalue weighted by Gasteiger charge is -1.97. The van der Waals surface area contributed by atoms with Crippen LogP contribution >= 0.6 is 0 Å². The van der Waals surface area contributed by atoms with E-state index in [-0.39, 0.29) is 0 Å². The Morgan fingerprint density at radius 2 is 2.17 bits per heavy atom. The maximum absolute atomic E-state index is 4.40. The Bertz CT molecular complexity index is 1000. The molecule has 0 saturated heterocycles. The van der Waals surface area contributed by atoms with Crippen molar-refractivity contribution in [3.8, 4) is 0 Å². The zero-order chi connectivity index (χ0) is 15.6. The van der Waals surface area contributed by atoms with E-state index in [1.807, 2.05) is 31.2 Å². The average Bonchev–Trinajstić information content (AvgIpc) is 2.93. The molecule has 112 valence electrons. The molecule has 3 heterocycles. The molecule has 0 bridgehead atoms. The van der Waals surface area contributed by atoms with Gasteiger partial charge < -0.3 is 4.98 Å². The second-order valence-corrected chi connectivity index (χ2v) is 5.16. The summed E-state index contributed by atoms with van der Waals surface area (Å²) in [5, 5.41) is 13.4. The van der Waals surface area contributed by atoms with Crippen molar-refractivity contribution in [3.05, 3.63) is 53.9 Å². The second-order valence-electron chi connectivity index (χ2n) is 5.16. The number of pyridine rings is 1. The lowest BCUT2D eigenvalue weighted by Crippen LogP contribution is -1.99. The summed E-state index contributed by atoms with van der Waals surface area (Å²) < 4.78 is 0. The number of H-pyrrole nitrogens is 1. The standard InChI is InChI=1S/C16H13N7/c1-10-4-5-13-12(7-10)14-15(19-13)20-16(23-21-14)22-18-9-11-3-2-6-17-8-11/h2-9H,1H3,(H2,19,20,22,23)/b18-9+. The summed E-state index contributed by atoms with van der Waals surface area (Å²) in [5.41, 5.74) is 7.26. The third kappa shape index (κ3) is 2.59. The van der Waals surface area contributed by atoms with E-state index in [0.29, 0.717) is 11.6 Å². The van der Waals surface area contributed by atoms with Crippen molar-refractivity contribution in [2.45, 2.75) is 6.92 Å². The monoisotopic (exact) mass is 303 g/mol. The van der Waals surface area contributed by atoms with Gasteiger partial charge in [-0.2, -0.15) is 10.1 Å². The highest BCUT2D eigenvalue weighted by atomic mass is 15.4. The zero-order valence-corrected chi connectivity index (χ0v) is 12.4. The normalized spacial score (nSPS) is 11.5. The van der Waals surface area contributed by atoms with Crippen LogP contribution in [0, 0.1) is 6.92 Å². The fourth-order valence-electron chi connectivity index (χ4n) is 2.35. The molecule has 0 unspecified atom stereocenters. The molecule has 4 rings (SSSR count). The SMILES string of the molecule is Cc1ccc2[nH]c3nc(N/N=C/c4cccnc4)nnc3c2c1. The molecule has 0 atom stereocenters. The van der Waals surface area contributed by atoms with E-state index in [9.17, 15) is 0 Å². The van der Waals surface area contributed by atoms with Gasteiger partial charge in [0.05, 0.1) is 6.21 Å². The van der Waals surface area contributed by atoms with Gasteiger partial charge in [-0.15, -0.1) is 10.2 Å². The van der Waals surface area contributed by atoms with Crippen molar-refractivity contribution in [2.75, 3.05) is 5.43 Å². The van der Waals surface area contributed by atoms with Crippen LogP contribution in [0.1, 0.15) is 11.1 Å². The number of aryl methyl sites for hydroxylation is 1. The number of benzene rings is 1. The van der Waals surface area contributed by atoms with E-state index >= 15 is 0 Å². The Hall–Kier alpha value is -3.35. The van der Waals surface area contributed by atoms with Crippen molar-refractivity contribution in [3.63, 3.8) is 0 Å². The molecular weight excluding hydrogens is 290 g/mol. The van der Waals surface area contributed by atoms with Crippen LogP contribution in [0.5, 0.6) is 0 Å². The van der Waals surface area contributed by atoms with E-state index < -0.39 is 0 Å². The number of nitrogens with zero attached hydrogens (tertiary/aromatic N) is 5. The molecule has 1 aromatic carbocycles. The van der Waals surface area contributed by atoms with Crippen LogP contribution in [-0.4, -0.2) is 31.4 Å². The second kappa shape index (κ2) is 5.45. The molecule has 0 saturated carbocycles. The zero-order valence-electron chi connectivity index (χ0n) is 12.4. The molecule has 0 aliphatic carbocycles. The van der Waals surface area contributed by atoms with Crippen molar-refractivity contribution >= 4 is 34.2 Å². The number of hydrazone groups is 1. The van der Waals surface area contributed by atoms with Crippen LogP contribution in [0.25, 0.3) is 22.1 Å². The minimum Gasteiger partial charge on any atom is -0.338 e. The molecule has 4 aromatic rings. The molecule has 7 heteroatoms. The Kier molecular flexibility index (Phi) is 3.16. The number of fused-ring (bicyclic) bond motifs is 3. The quantitative estimate of drug-likeness (QED) is 0.448. The van der Waals surface area contributed by atoms with Crippen molar-refractivity contribution < 1.29 is 0 Å². The maximum Gasteiger partial charge on any atom is 0.265 e. The van der Waals surface area contributed by atoms with Gasteiger partial charge in [0.15, 0.2) is 5.65 Å². The largest absolute Gasteiger partial charge is 0.338 e. The average molecular weight is 303 g/mol. The number of anilines is 1. The first-order chi connectivity index (χ1) is 11.3. The Labute approximate surface area is 131 Å². The Morgan fingerprint density at radius 1 is 1.22 bits per heavy atom. The Balaban J connectivity index is 1.64. The number of aromatic amines is 1. The van der Waals surface area contributed by atoms with E-state index in [1.54, 1.807) is 18.6 Å². The molecule has 3 aromatic heterocycles. The minimum absolute atomic E-state index is 0.334. The van der Waals surface area contributed by atoms with E-state index in [4.69, 9.17) is 0 Å². The van der Waals surface area contributed by atoms with Gasteiger partial charge in [0, 0.05) is 28.9 Å². The van der Waals surface area contributed by atoms with Gasteiger partial charge in [0.2, 0.25) is 0 Å². The van der Waals surface area contributed by atoms with Crippen LogP contribution in [0.3, 0.4) is 0 Å². The van der Waals surface area contributed by atoms with Gasteiger partial charge in [0.1, 0.15) is 5.52 Å². The molecular formula is C16H13N7. The van der Waals surface area contributed by atoms with Gasteiger partial charge in [-0.1, -0.05) is 17.7 Å². The van der Waals surface area contributed by atoms with Gasteiger partial charge >= 0.3 is 0 Å². The summed E-state index contributed by atoms with van der Waals surface area (Å²) in [5.74, 6) is 0.334. The molecule has 0 spiro atoms. The predicted octanol–water partition coefficient (Wildman–Crippen LogP) is 2.66. The van der Waals surface area contributed by atoms with Gasteiger partial charge in [0.25, 0.3) is 5.95 Å². The number of hydrogen-bond acceptors (Lipinski definition) is 6. The van der Waals surface area contributed by atoms with Gasteiger partial charge in [-0.05, 0) is 25.1 Å². The van der Waals surface area contributed by atoms with E-state index in [0.717, 1.165) is 22.0 Å². The number of nitrogens with one attached hydrogen (secondary N) is 2. The fourth-order valence-corrected chi connectivity index (χ4v) is 2.35. The highest BCUT2D eigenvalue weighted by Gasteiger charge is 2.08. The summed E-state index contributed by atoms with van der Waals surface area (Å²) in [6.45, 7) is 2.04. The van der Waals surface area contributed by atoms with Gasteiger partial charge in [-0.3, -0.25) is 4.98 Å². The van der Waals surface area contributed by atoms with Crippen molar-refractivity contribution in [1.82, 2.24) is 25.1 Å². The van der Waals surface area contributed by atoms with Crippen molar-refractivity contribution in [1.29, 1.82) is 0 Å². The summed E-state index contributed by atoms with van der Waals surface area (Å²) in [6.07, 6.45) is 5.08. The highest BCUT2D eigenvalue weighted by molar-refractivity contribution is 6.03. The number of rotatable bonds is 3. The molecule has 0 aliphatic rings. The lowest BCUT2D eigenvalue weighted by molar-refractivity contribution is 1.01. The van der Waals surface area contributed by atoms with Crippen LogP contribution in [0.2, 0.25) is 0 Å². The molecule has 23 heavy (non-hydrogen) atoms. The summed E-state index contributed by atoms with van der Waals surface area (Å²) in [7, 11) is 0. The summed E-state index contributed by atoms with van der Waals surface area (Å²) in [6, 6.07) is 9.88. The first-order valence-corrected chi connectivity index (χ1v) is 7.11. The molecule has 0 amide bonds. The van der Waals surface area contributed by atoms with Crippen LogP contribution in [0.15, 0.2) is 47.8 Å². The van der Waals surface area contributed by atoms with E-state index in [2.05, 4.69) is 41.7 Å². The third-order valence-corrected chi connectivity index (χ3v) is 3.43. The van der Waals surface area contributed by atoms with Crippen LogP contribution in [0.4, 0.5) is 5.95 Å². The maximum atomic E-state index is 4.40. The first-order valence-electron chi connectivity index (χ1n) is 7.11. The smallest absolute Gasteiger partial charge is 0.265 e. The first kappa shape index (κ1) is 13.3. The van der Waals surface area contributed by atoms with E-state index in [1.165, 1.54) is 5.56 Å². The van der Waals surface area contributed by atoms with Crippen LogP contribution in [-0.2, 0) is 0 Å². The molecule has 0 fully saturated rings. The van der Waals surface area contributed by atoms with Crippen LogP contribution < -0.4 is 5.43 Å². The molecule has 0 aliphatic heterocycles. The predicted molar refractivity (Wildman–Crippen MR) is 89.4 cm³/mol. The number of aromatic nitrogens is 5.